The Bertz CT molecular complexity index is 1120. The molecule has 2 aromatic carbocycles. The average molecular weight is 451 g/mol. The molecule has 3 aromatic rings. The lowest BCUT2D eigenvalue weighted by atomic mass is 9.81. The number of fused-ring (bicyclic) bond motifs is 1. The highest BCUT2D eigenvalue weighted by Crippen LogP contribution is 2.32. The molecule has 2 aliphatic rings. The molecule has 3 heterocycles. The van der Waals surface area contributed by atoms with Gasteiger partial charge in [0.05, 0.1) is 5.69 Å². The van der Waals surface area contributed by atoms with Crippen molar-refractivity contribution in [2.45, 2.75) is 25.8 Å². The molecule has 2 aliphatic heterocycles. The molecule has 7 nitrogen and oxygen atoms in total. The molecule has 2 N–H and O–H groups in total. The first kappa shape index (κ1) is 21.5. The van der Waals surface area contributed by atoms with E-state index in [1.54, 1.807) is 12.1 Å². The van der Waals surface area contributed by atoms with Crippen LogP contribution in [-0.2, 0) is 17.8 Å². The summed E-state index contributed by atoms with van der Waals surface area (Å²) in [5.74, 6) is 2.36. The highest BCUT2D eigenvalue weighted by molar-refractivity contribution is 5.76. The molecule has 0 saturated carbocycles. The number of halogens is 1. The molecule has 172 valence electrons. The third kappa shape index (κ3) is 5.17. The van der Waals surface area contributed by atoms with Crippen LogP contribution in [0.15, 0.2) is 53.1 Å². The molecule has 1 amide bonds. The minimum absolute atomic E-state index is 0.0386. The van der Waals surface area contributed by atoms with Gasteiger partial charge in [0.15, 0.2) is 17.3 Å². The average Bonchev–Trinajstić information content (AvgIpc) is 3.49. The van der Waals surface area contributed by atoms with Gasteiger partial charge in [-0.05, 0) is 79.7 Å². The Labute approximate surface area is 191 Å². The first-order valence-corrected chi connectivity index (χ1v) is 11.2. The van der Waals surface area contributed by atoms with Crippen LogP contribution in [0.25, 0.3) is 11.3 Å². The number of carbonyl (C=O) groups is 1. The van der Waals surface area contributed by atoms with E-state index in [9.17, 15) is 9.18 Å². The standard InChI is InChI=1S/C25H26FN3O4/c26-20-4-2-17(3-5-20)23-12-21(29-33-23)10-19-14-27-8-7-18(19)11-25(30)28-13-16-1-6-22-24(9-16)32-15-31-22/h1-6,9,12,18-19,27H,7-8,10-11,13-15H2,(H,28,30)/t18-,19-/m0/s1. The van der Waals surface area contributed by atoms with E-state index >= 15 is 0 Å². The maximum Gasteiger partial charge on any atom is 0.231 e. The number of benzene rings is 2. The van der Waals surface area contributed by atoms with E-state index in [4.69, 9.17) is 14.0 Å². The second-order valence-corrected chi connectivity index (χ2v) is 8.57. The second-order valence-electron chi connectivity index (χ2n) is 8.57. The first-order chi connectivity index (χ1) is 16.1. The van der Waals surface area contributed by atoms with Crippen molar-refractivity contribution in [2.75, 3.05) is 19.9 Å². The van der Waals surface area contributed by atoms with Crippen LogP contribution in [0.5, 0.6) is 11.5 Å². The summed E-state index contributed by atoms with van der Waals surface area (Å²) in [4.78, 5) is 12.7. The van der Waals surface area contributed by atoms with Crippen LogP contribution < -0.4 is 20.1 Å². The van der Waals surface area contributed by atoms with Crippen molar-refractivity contribution in [3.05, 3.63) is 65.6 Å². The van der Waals surface area contributed by atoms with Gasteiger partial charge in [0.1, 0.15) is 5.82 Å². The van der Waals surface area contributed by atoms with E-state index in [-0.39, 0.29) is 30.4 Å². The van der Waals surface area contributed by atoms with E-state index in [1.165, 1.54) is 12.1 Å². The fourth-order valence-corrected chi connectivity index (χ4v) is 4.47. The van der Waals surface area contributed by atoms with Crippen molar-refractivity contribution >= 4 is 5.91 Å². The third-order valence-electron chi connectivity index (χ3n) is 6.30. The fraction of sp³-hybridized carbons (Fsp3) is 0.360. The number of ether oxygens (including phenoxy) is 2. The van der Waals surface area contributed by atoms with Crippen LogP contribution in [0.2, 0.25) is 0 Å². The zero-order valence-corrected chi connectivity index (χ0v) is 18.2. The van der Waals surface area contributed by atoms with Gasteiger partial charge in [-0.2, -0.15) is 0 Å². The molecule has 0 spiro atoms. The molecular formula is C25H26FN3O4. The van der Waals surface area contributed by atoms with Gasteiger partial charge in [0, 0.05) is 24.6 Å². The Balaban J connectivity index is 1.17. The summed E-state index contributed by atoms with van der Waals surface area (Å²) >= 11 is 0. The fourth-order valence-electron chi connectivity index (χ4n) is 4.47. The summed E-state index contributed by atoms with van der Waals surface area (Å²) in [6, 6.07) is 13.8. The van der Waals surface area contributed by atoms with E-state index in [1.807, 2.05) is 24.3 Å². The zero-order valence-electron chi connectivity index (χ0n) is 18.2. The lowest BCUT2D eigenvalue weighted by Crippen LogP contribution is -2.40. The maximum absolute atomic E-state index is 13.2. The Hall–Kier alpha value is -3.39. The van der Waals surface area contributed by atoms with E-state index in [0.717, 1.165) is 48.5 Å². The molecule has 0 radical (unpaired) electrons. The van der Waals surface area contributed by atoms with Crippen LogP contribution in [0.3, 0.4) is 0 Å². The molecule has 0 bridgehead atoms. The number of carbonyl (C=O) groups excluding carboxylic acids is 1. The van der Waals surface area contributed by atoms with Gasteiger partial charge in [-0.25, -0.2) is 4.39 Å². The number of nitrogens with zero attached hydrogens (tertiary/aromatic N) is 1. The molecule has 1 aromatic heterocycles. The van der Waals surface area contributed by atoms with Crippen molar-refractivity contribution in [3.8, 4) is 22.8 Å². The summed E-state index contributed by atoms with van der Waals surface area (Å²) in [6.07, 6.45) is 2.13. The molecule has 1 fully saturated rings. The number of rotatable bonds is 7. The SMILES string of the molecule is O=C(C[C@@H]1CCNC[C@@H]1Cc1cc(-c2ccc(F)cc2)on1)NCc1ccc2c(c1)OCO2. The maximum atomic E-state index is 13.2. The van der Waals surface area contributed by atoms with Gasteiger partial charge < -0.3 is 24.6 Å². The summed E-state index contributed by atoms with van der Waals surface area (Å²) < 4.78 is 29.4. The van der Waals surface area contributed by atoms with Gasteiger partial charge in [-0.1, -0.05) is 11.2 Å². The molecule has 5 rings (SSSR count). The molecule has 0 unspecified atom stereocenters. The largest absolute Gasteiger partial charge is 0.454 e. The van der Waals surface area contributed by atoms with Gasteiger partial charge in [0.25, 0.3) is 0 Å². The highest BCUT2D eigenvalue weighted by Gasteiger charge is 2.28. The molecule has 1 saturated heterocycles. The number of hydrogen-bond acceptors (Lipinski definition) is 6. The Morgan fingerprint density at radius 3 is 2.82 bits per heavy atom. The van der Waals surface area contributed by atoms with Crippen LogP contribution in [0.1, 0.15) is 24.1 Å². The smallest absolute Gasteiger partial charge is 0.231 e. The van der Waals surface area contributed by atoms with Crippen LogP contribution in [0, 0.1) is 17.7 Å². The van der Waals surface area contributed by atoms with Crippen molar-refractivity contribution < 1.29 is 23.2 Å². The minimum atomic E-state index is -0.286. The van der Waals surface area contributed by atoms with Gasteiger partial charge >= 0.3 is 0 Å². The van der Waals surface area contributed by atoms with Crippen LogP contribution in [-0.4, -0.2) is 30.9 Å². The Morgan fingerprint density at radius 1 is 1.09 bits per heavy atom. The quantitative estimate of drug-likeness (QED) is 0.570. The normalized spacial score (nSPS) is 19.4. The summed E-state index contributed by atoms with van der Waals surface area (Å²) in [5.41, 5.74) is 2.61. The number of amides is 1. The predicted octanol–water partition coefficient (Wildman–Crippen LogP) is 3.68. The number of aromatic nitrogens is 1. The molecule has 8 heteroatoms. The van der Waals surface area contributed by atoms with Crippen LogP contribution in [0.4, 0.5) is 4.39 Å². The summed E-state index contributed by atoms with van der Waals surface area (Å²) in [6.45, 7) is 2.42. The molecule has 0 aliphatic carbocycles. The first-order valence-electron chi connectivity index (χ1n) is 11.2. The lowest BCUT2D eigenvalue weighted by molar-refractivity contribution is -0.122. The zero-order chi connectivity index (χ0) is 22.6. The second kappa shape index (κ2) is 9.62. The topological polar surface area (TPSA) is 85.6 Å². The van der Waals surface area contributed by atoms with Gasteiger partial charge in [0.2, 0.25) is 12.7 Å². The monoisotopic (exact) mass is 451 g/mol. The summed E-state index contributed by atoms with van der Waals surface area (Å²) in [7, 11) is 0. The molecule has 33 heavy (non-hydrogen) atoms. The summed E-state index contributed by atoms with van der Waals surface area (Å²) in [5, 5.41) is 10.7. The highest BCUT2D eigenvalue weighted by atomic mass is 19.1. The number of nitrogens with one attached hydrogen (secondary N) is 2. The van der Waals surface area contributed by atoms with Crippen molar-refractivity contribution in [3.63, 3.8) is 0 Å². The van der Waals surface area contributed by atoms with E-state index in [0.29, 0.717) is 24.5 Å². The van der Waals surface area contributed by atoms with Crippen molar-refractivity contribution in [1.82, 2.24) is 15.8 Å². The number of hydrogen-bond donors (Lipinski definition) is 2. The van der Waals surface area contributed by atoms with Crippen molar-refractivity contribution in [1.29, 1.82) is 0 Å². The molecule has 2 atom stereocenters. The predicted molar refractivity (Wildman–Crippen MR) is 119 cm³/mol. The van der Waals surface area contributed by atoms with Crippen LogP contribution >= 0.6 is 0 Å². The number of piperidine rings is 1. The third-order valence-corrected chi connectivity index (χ3v) is 6.30. The Morgan fingerprint density at radius 2 is 1.94 bits per heavy atom. The molecular weight excluding hydrogens is 425 g/mol. The minimum Gasteiger partial charge on any atom is -0.454 e. The van der Waals surface area contributed by atoms with Gasteiger partial charge in [-0.15, -0.1) is 0 Å². The van der Waals surface area contributed by atoms with E-state index in [2.05, 4.69) is 15.8 Å². The lowest BCUT2D eigenvalue weighted by Gasteiger charge is -2.31. The van der Waals surface area contributed by atoms with Crippen molar-refractivity contribution in [2.24, 2.45) is 11.8 Å². The van der Waals surface area contributed by atoms with Gasteiger partial charge in [-0.3, -0.25) is 4.79 Å². The Kier molecular flexibility index (Phi) is 6.26. The van der Waals surface area contributed by atoms with E-state index < -0.39 is 0 Å².